The molecule has 0 unspecified atom stereocenters. The van der Waals surface area contributed by atoms with E-state index in [4.69, 9.17) is 11.6 Å². The van der Waals surface area contributed by atoms with Gasteiger partial charge in [-0.1, -0.05) is 33.6 Å². The molecule has 2 nitrogen and oxygen atoms in total. The van der Waals surface area contributed by atoms with E-state index >= 15 is 0 Å². The van der Waals surface area contributed by atoms with Crippen molar-refractivity contribution in [2.45, 2.75) is 11.8 Å². The summed E-state index contributed by atoms with van der Waals surface area (Å²) in [6.07, 6.45) is 0.256. The summed E-state index contributed by atoms with van der Waals surface area (Å²) < 4.78 is 5.39. The van der Waals surface area contributed by atoms with Crippen LogP contribution in [0.4, 0.5) is 0 Å². The fraction of sp³-hybridized carbons (Fsp3) is 0.300. The molecule has 0 atom stereocenters. The molecule has 0 bridgehead atoms. The van der Waals surface area contributed by atoms with E-state index in [2.05, 4.69) is 36.6 Å². The maximum Gasteiger partial charge on any atom is 0.309 e. The fourth-order valence-electron chi connectivity index (χ4n) is 1.15. The molecular weight excluding hydrogens is 347 g/mol. The Labute approximate surface area is 110 Å². The van der Waals surface area contributed by atoms with Gasteiger partial charge in [-0.25, -0.2) is 0 Å². The minimum atomic E-state index is -0.259. The van der Waals surface area contributed by atoms with Crippen LogP contribution in [0.3, 0.4) is 0 Å². The number of hydrogen-bond acceptors (Lipinski definition) is 2. The summed E-state index contributed by atoms with van der Waals surface area (Å²) in [6.45, 7) is 0. The molecule has 1 rings (SSSR count). The first-order chi connectivity index (χ1) is 7.08. The molecule has 0 spiro atoms. The second kappa shape index (κ2) is 5.87. The third-order valence-corrected chi connectivity index (χ3v) is 3.79. The molecule has 0 aliphatic carbocycles. The van der Waals surface area contributed by atoms with E-state index in [0.717, 1.165) is 15.6 Å². The Morgan fingerprint density at radius 2 is 2.20 bits per heavy atom. The van der Waals surface area contributed by atoms with Gasteiger partial charge < -0.3 is 4.74 Å². The van der Waals surface area contributed by atoms with Crippen LogP contribution in [0, 0.1) is 0 Å². The Bertz CT molecular complexity index is 380. The quantitative estimate of drug-likeness (QED) is 0.610. The van der Waals surface area contributed by atoms with Crippen LogP contribution in [-0.4, -0.2) is 13.1 Å². The summed E-state index contributed by atoms with van der Waals surface area (Å²) in [5, 5.41) is 1.32. The molecule has 82 valence electrons. The van der Waals surface area contributed by atoms with Crippen molar-refractivity contribution >= 4 is 49.4 Å². The minimum absolute atomic E-state index is 0.256. The molecule has 0 saturated carbocycles. The highest BCUT2D eigenvalue weighted by atomic mass is 79.9. The first-order valence-electron chi connectivity index (χ1n) is 4.18. The summed E-state index contributed by atoms with van der Waals surface area (Å²) in [5.74, 6) is -0.259. The second-order valence-electron chi connectivity index (χ2n) is 2.94. The average Bonchev–Trinajstić information content (AvgIpc) is 2.22. The van der Waals surface area contributed by atoms with Crippen LogP contribution >= 0.6 is 43.5 Å². The zero-order chi connectivity index (χ0) is 11.4. The number of alkyl halides is 1. The van der Waals surface area contributed by atoms with Gasteiger partial charge in [0.1, 0.15) is 0 Å². The van der Waals surface area contributed by atoms with Gasteiger partial charge in [-0.15, -0.1) is 0 Å². The van der Waals surface area contributed by atoms with Crippen molar-refractivity contribution in [3.63, 3.8) is 0 Å². The molecule has 0 radical (unpaired) electrons. The van der Waals surface area contributed by atoms with Crippen molar-refractivity contribution in [1.29, 1.82) is 0 Å². The van der Waals surface area contributed by atoms with Crippen LogP contribution in [0.5, 0.6) is 0 Å². The fourth-order valence-corrected chi connectivity index (χ4v) is 2.47. The highest BCUT2D eigenvalue weighted by Gasteiger charge is 2.09. The Kier molecular flexibility index (Phi) is 5.09. The molecule has 15 heavy (non-hydrogen) atoms. The van der Waals surface area contributed by atoms with Crippen molar-refractivity contribution in [2.24, 2.45) is 0 Å². The van der Waals surface area contributed by atoms with E-state index in [1.807, 2.05) is 12.1 Å². The Morgan fingerprint density at radius 3 is 2.73 bits per heavy atom. The Balaban J connectivity index is 3.00. The number of carbonyl (C=O) groups is 1. The number of rotatable bonds is 3. The highest BCUT2D eigenvalue weighted by molar-refractivity contribution is 9.10. The molecule has 0 amide bonds. The number of benzene rings is 1. The molecular formula is C10H9Br2ClO2. The maximum atomic E-state index is 11.1. The average molecular weight is 356 g/mol. The van der Waals surface area contributed by atoms with Crippen molar-refractivity contribution in [1.82, 2.24) is 0 Å². The predicted octanol–water partition coefficient (Wildman–Crippen LogP) is 3.71. The van der Waals surface area contributed by atoms with Crippen LogP contribution in [0.15, 0.2) is 16.6 Å². The summed E-state index contributed by atoms with van der Waals surface area (Å²) in [7, 11) is 1.37. The normalized spacial score (nSPS) is 10.1. The Hall–Kier alpha value is -0.0600. The third kappa shape index (κ3) is 3.47. The molecule has 0 saturated heterocycles. The van der Waals surface area contributed by atoms with Gasteiger partial charge in [-0.05, 0) is 33.1 Å². The van der Waals surface area contributed by atoms with Gasteiger partial charge >= 0.3 is 5.97 Å². The van der Waals surface area contributed by atoms with E-state index in [-0.39, 0.29) is 12.4 Å². The molecule has 0 aromatic heterocycles. The molecule has 5 heteroatoms. The van der Waals surface area contributed by atoms with Crippen LogP contribution in [0.25, 0.3) is 0 Å². The largest absolute Gasteiger partial charge is 0.469 e. The van der Waals surface area contributed by atoms with Crippen molar-refractivity contribution < 1.29 is 9.53 Å². The smallest absolute Gasteiger partial charge is 0.309 e. The molecule has 0 N–H and O–H groups in total. The van der Waals surface area contributed by atoms with Crippen LogP contribution in [0.2, 0.25) is 5.02 Å². The van der Waals surface area contributed by atoms with Gasteiger partial charge in [0, 0.05) is 9.80 Å². The van der Waals surface area contributed by atoms with Crippen molar-refractivity contribution in [2.75, 3.05) is 7.11 Å². The lowest BCUT2D eigenvalue weighted by molar-refractivity contribution is -0.139. The molecule has 0 heterocycles. The summed E-state index contributed by atoms with van der Waals surface area (Å²) in [6, 6.07) is 3.71. The molecule has 1 aromatic carbocycles. The summed E-state index contributed by atoms with van der Waals surface area (Å²) in [4.78, 5) is 11.1. The number of methoxy groups -OCH3 is 1. The number of esters is 1. The van der Waals surface area contributed by atoms with Gasteiger partial charge in [0.2, 0.25) is 0 Å². The zero-order valence-corrected chi connectivity index (χ0v) is 11.9. The second-order valence-corrected chi connectivity index (χ2v) is 4.73. The van der Waals surface area contributed by atoms with E-state index in [1.54, 1.807) is 0 Å². The molecule has 0 fully saturated rings. The monoisotopic (exact) mass is 354 g/mol. The Morgan fingerprint density at radius 1 is 1.53 bits per heavy atom. The molecule has 1 aromatic rings. The summed E-state index contributed by atoms with van der Waals surface area (Å²) >= 11 is 12.7. The number of ether oxygens (including phenoxy) is 1. The highest BCUT2D eigenvalue weighted by Crippen LogP contribution is 2.29. The van der Waals surface area contributed by atoms with Gasteiger partial charge in [-0.3, -0.25) is 4.79 Å². The number of hydrogen-bond donors (Lipinski definition) is 0. The zero-order valence-electron chi connectivity index (χ0n) is 8.02. The van der Waals surface area contributed by atoms with Gasteiger partial charge in [0.05, 0.1) is 18.6 Å². The standard InChI is InChI=1S/C10H9Br2ClO2/c1-15-9(14)4-6-2-7(5-11)10(13)8(12)3-6/h2-3H,4-5H2,1H3. The topological polar surface area (TPSA) is 26.3 Å². The van der Waals surface area contributed by atoms with Crippen LogP contribution < -0.4 is 0 Å². The number of halogens is 3. The summed E-state index contributed by atoms with van der Waals surface area (Å²) in [5.41, 5.74) is 1.83. The molecule has 0 aliphatic heterocycles. The lowest BCUT2D eigenvalue weighted by Gasteiger charge is -2.07. The minimum Gasteiger partial charge on any atom is -0.469 e. The predicted molar refractivity (Wildman–Crippen MR) is 67.5 cm³/mol. The van der Waals surface area contributed by atoms with Crippen LogP contribution in [-0.2, 0) is 21.3 Å². The van der Waals surface area contributed by atoms with Gasteiger partial charge in [0.15, 0.2) is 0 Å². The number of carbonyl (C=O) groups excluding carboxylic acids is 1. The van der Waals surface area contributed by atoms with E-state index in [9.17, 15) is 4.79 Å². The van der Waals surface area contributed by atoms with E-state index in [1.165, 1.54) is 7.11 Å². The first-order valence-corrected chi connectivity index (χ1v) is 6.47. The lowest BCUT2D eigenvalue weighted by atomic mass is 10.1. The molecule has 0 aliphatic rings. The SMILES string of the molecule is COC(=O)Cc1cc(Br)c(Cl)c(CBr)c1. The van der Waals surface area contributed by atoms with Crippen molar-refractivity contribution in [3.05, 3.63) is 32.8 Å². The lowest BCUT2D eigenvalue weighted by Crippen LogP contribution is -2.04. The van der Waals surface area contributed by atoms with E-state index < -0.39 is 0 Å². The van der Waals surface area contributed by atoms with Crippen molar-refractivity contribution in [3.8, 4) is 0 Å². The first kappa shape index (κ1) is 13.0. The van der Waals surface area contributed by atoms with Gasteiger partial charge in [0.25, 0.3) is 0 Å². The maximum absolute atomic E-state index is 11.1. The third-order valence-electron chi connectivity index (χ3n) is 1.88. The van der Waals surface area contributed by atoms with Gasteiger partial charge in [-0.2, -0.15) is 0 Å². The van der Waals surface area contributed by atoms with E-state index in [0.29, 0.717) is 10.4 Å². The van der Waals surface area contributed by atoms with Crippen LogP contribution in [0.1, 0.15) is 11.1 Å².